The van der Waals surface area contributed by atoms with Gasteiger partial charge in [-0.15, -0.1) is 0 Å². The third-order valence-electron chi connectivity index (χ3n) is 0. The Morgan fingerprint density at radius 3 is 1.11 bits per heavy atom. The Bertz CT molecular complexity index is 153. The minimum atomic E-state index is -5.17. The van der Waals surface area contributed by atoms with E-state index in [4.69, 9.17) is 26.4 Å². The Labute approximate surface area is 63.4 Å². The van der Waals surface area contributed by atoms with Gasteiger partial charge in [0.1, 0.15) is 0 Å². The zero-order valence-corrected chi connectivity index (χ0v) is 6.55. The fourth-order valence-electron chi connectivity index (χ4n) is 0. The van der Waals surface area contributed by atoms with Crippen molar-refractivity contribution in [3.63, 3.8) is 0 Å². The van der Waals surface area contributed by atoms with Gasteiger partial charge in [0.05, 0.1) is 0 Å². The fourth-order valence-corrected chi connectivity index (χ4v) is 0. The molecule has 0 atom stereocenters. The Balaban J connectivity index is -0.0000000800. The average Bonchev–Trinajstić information content (AvgIpc) is 1.27. The molecule has 0 amide bonds. The summed E-state index contributed by atoms with van der Waals surface area (Å²) >= 11 is 0. The first-order chi connectivity index (χ1) is 3.41. The van der Waals surface area contributed by atoms with Crippen LogP contribution in [-0.4, -0.2) is 26.8 Å². The summed E-state index contributed by atoms with van der Waals surface area (Å²) in [6.45, 7) is 0. The van der Waals surface area contributed by atoms with E-state index in [2.05, 4.69) is 0 Å². The van der Waals surface area contributed by atoms with Crippen LogP contribution in [0.4, 0.5) is 0 Å². The van der Waals surface area contributed by atoms with E-state index >= 15 is 0 Å². The molecule has 0 aliphatic heterocycles. The maximum Gasteiger partial charge on any atom is 2.00 e. The number of hydrogen-bond donors (Lipinski definition) is 0. The molecule has 0 heterocycles. The minimum Gasteiger partial charge on any atom is -0.759 e. The van der Waals surface area contributed by atoms with Crippen molar-refractivity contribution in [3.8, 4) is 0 Å². The maximum atomic E-state index is 8.52. The third-order valence-corrected chi connectivity index (χ3v) is 0. The largest absolute Gasteiger partial charge is 2.00 e. The van der Waals surface area contributed by atoms with E-state index < -0.39 is 19.7 Å². The predicted octanol–water partition coefficient (Wildman–Crippen LogP) is -1.96. The first kappa shape index (κ1) is 16.1. The molecule has 0 unspecified atom stereocenters. The van der Waals surface area contributed by atoms with Crippen molar-refractivity contribution < 1.29 is 43.2 Å². The molecule has 6 nitrogen and oxygen atoms in total. The summed E-state index contributed by atoms with van der Waals surface area (Å²) in [5, 5.41) is 0. The van der Waals surface area contributed by atoms with E-state index in [1.54, 1.807) is 0 Å². The molecular formula is CoO6SSi. The first-order valence-corrected chi connectivity index (χ1v) is 3.22. The van der Waals surface area contributed by atoms with Gasteiger partial charge in [0.25, 0.3) is 0 Å². The van der Waals surface area contributed by atoms with E-state index in [1.807, 2.05) is 0 Å². The van der Waals surface area contributed by atoms with E-state index in [0.29, 0.717) is 0 Å². The van der Waals surface area contributed by atoms with E-state index in [0.717, 1.165) is 0 Å². The molecule has 0 saturated heterocycles. The van der Waals surface area contributed by atoms with Gasteiger partial charge in [-0.2, -0.15) is 0 Å². The normalized spacial score (nSPS) is 7.33. The zero-order chi connectivity index (χ0) is 7.21. The number of rotatable bonds is 0. The summed E-state index contributed by atoms with van der Waals surface area (Å²) in [6, 6.07) is 0. The van der Waals surface area contributed by atoms with Crippen molar-refractivity contribution in [3.05, 3.63) is 0 Å². The molecule has 0 bridgehead atoms. The monoisotopic (exact) mass is 215 g/mol. The van der Waals surface area contributed by atoms with Crippen molar-refractivity contribution in [1.82, 2.24) is 0 Å². The van der Waals surface area contributed by atoms with Crippen molar-refractivity contribution in [2.24, 2.45) is 0 Å². The third kappa shape index (κ3) is 8400. The van der Waals surface area contributed by atoms with Crippen LogP contribution in [0, 0.1) is 0 Å². The Morgan fingerprint density at radius 2 is 1.11 bits per heavy atom. The molecule has 0 aromatic carbocycles. The smallest absolute Gasteiger partial charge is 0.759 e. The van der Waals surface area contributed by atoms with E-state index in [9.17, 15) is 0 Å². The second-order valence-corrected chi connectivity index (χ2v) is 1.47. The summed E-state index contributed by atoms with van der Waals surface area (Å²) in [4.78, 5) is 0. The Hall–Kier alpha value is 0.193. The molecule has 0 saturated carbocycles. The molecule has 0 rings (SSSR count). The summed E-state index contributed by atoms with van der Waals surface area (Å²) in [5.74, 6) is 0. The maximum absolute atomic E-state index is 8.52. The zero-order valence-electron chi connectivity index (χ0n) is 3.69. The topological polar surface area (TPSA) is 114 Å². The van der Waals surface area contributed by atoms with Gasteiger partial charge in [-0.05, 0) is 0 Å². The van der Waals surface area contributed by atoms with Gasteiger partial charge in [-0.25, -0.2) is 0 Å². The van der Waals surface area contributed by atoms with Gasteiger partial charge in [-0.1, -0.05) is 0 Å². The molecule has 0 spiro atoms. The summed E-state index contributed by atoms with van der Waals surface area (Å²) in [5.41, 5.74) is 0. The average molecular weight is 215 g/mol. The van der Waals surface area contributed by atoms with Crippen LogP contribution in [0.2, 0.25) is 0 Å². The molecule has 0 aromatic rings. The molecule has 0 aliphatic carbocycles. The molecule has 0 fully saturated rings. The molecule has 0 aromatic heterocycles. The molecule has 0 aliphatic rings. The van der Waals surface area contributed by atoms with Crippen LogP contribution in [0.25, 0.3) is 0 Å². The second-order valence-electron chi connectivity index (χ2n) is 0.492. The number of hydrogen-bond acceptors (Lipinski definition) is 6. The van der Waals surface area contributed by atoms with Crippen molar-refractivity contribution >= 4 is 19.7 Å². The van der Waals surface area contributed by atoms with Crippen LogP contribution >= 0.6 is 0 Å². The quantitative estimate of drug-likeness (QED) is 0.263. The van der Waals surface area contributed by atoms with Crippen molar-refractivity contribution in [2.45, 2.75) is 0 Å². The molecule has 55 valence electrons. The van der Waals surface area contributed by atoms with E-state index in [-0.39, 0.29) is 16.8 Å². The van der Waals surface area contributed by atoms with Gasteiger partial charge >= 0.3 is 26.1 Å². The standard InChI is InChI=1S/Co.H2O4S.O2Si/c;1-5(2,3)4;1-3-2/h;(H2,1,2,3,4);/q+2;;/p-2. The fraction of sp³-hybridized carbons (Fsp3) is 0. The van der Waals surface area contributed by atoms with Crippen molar-refractivity contribution in [2.75, 3.05) is 0 Å². The molecule has 0 N–H and O–H groups in total. The predicted molar refractivity (Wildman–Crippen MR) is 17.6 cm³/mol. The Kier molecular flexibility index (Phi) is 14.6. The van der Waals surface area contributed by atoms with Gasteiger partial charge in [0.2, 0.25) is 0 Å². The Morgan fingerprint density at radius 1 is 1.11 bits per heavy atom. The van der Waals surface area contributed by atoms with Gasteiger partial charge in [-0.3, -0.25) is 17.3 Å². The molecule has 1 radical (unpaired) electrons. The SMILES string of the molecule is O=S(=O)([O-])[O-].O=[Si]=O.[Co+2]. The second kappa shape index (κ2) is 8.19. The first-order valence-electron chi connectivity index (χ1n) is 1.07. The van der Waals surface area contributed by atoms with Crippen LogP contribution in [0.3, 0.4) is 0 Å². The van der Waals surface area contributed by atoms with Crippen LogP contribution < -0.4 is 0 Å². The van der Waals surface area contributed by atoms with Crippen LogP contribution in [0.1, 0.15) is 0 Å². The van der Waals surface area contributed by atoms with Crippen molar-refractivity contribution in [1.29, 1.82) is 0 Å². The molecule has 9 heteroatoms. The van der Waals surface area contributed by atoms with E-state index in [1.165, 1.54) is 0 Å². The van der Waals surface area contributed by atoms with Crippen LogP contribution in [0.15, 0.2) is 0 Å². The minimum absolute atomic E-state index is 0. The van der Waals surface area contributed by atoms with Gasteiger partial charge in [0, 0.05) is 10.4 Å². The summed E-state index contributed by atoms with van der Waals surface area (Å²) < 4.78 is 50.9. The van der Waals surface area contributed by atoms with Crippen LogP contribution in [-0.2, 0) is 36.1 Å². The molecule has 9 heavy (non-hydrogen) atoms. The summed E-state index contributed by atoms with van der Waals surface area (Å²) in [6.07, 6.45) is 0. The summed E-state index contributed by atoms with van der Waals surface area (Å²) in [7, 11) is -6.58. The molecular weight excluding hydrogens is 215 g/mol. The van der Waals surface area contributed by atoms with Gasteiger partial charge < -0.3 is 9.11 Å². The van der Waals surface area contributed by atoms with Crippen LogP contribution in [0.5, 0.6) is 0 Å². The van der Waals surface area contributed by atoms with Gasteiger partial charge in [0.15, 0.2) is 0 Å².